The van der Waals surface area contributed by atoms with Crippen LogP contribution in [0.25, 0.3) is 0 Å². The van der Waals surface area contributed by atoms with E-state index in [0.29, 0.717) is 0 Å². The molecule has 5 heteroatoms. The van der Waals surface area contributed by atoms with Crippen LogP contribution < -0.4 is 0 Å². The quantitative estimate of drug-likeness (QED) is 0.463. The number of halogens is 4. The maximum atomic E-state index is 0. The Morgan fingerprint density at radius 2 is 0.600 bits per heavy atom. The van der Waals surface area contributed by atoms with Gasteiger partial charge in [-0.25, -0.2) is 0 Å². The van der Waals surface area contributed by atoms with E-state index in [0.717, 1.165) is 0 Å². The zero-order valence-electron chi connectivity index (χ0n) is 2.13. The SMILES string of the molecule is Cl.F.F.F.[Ge]. The maximum absolute atomic E-state index is 0. The van der Waals surface area contributed by atoms with Crippen LogP contribution in [-0.4, -0.2) is 17.6 Å². The molecule has 0 spiro atoms. The van der Waals surface area contributed by atoms with Gasteiger partial charge in [-0.15, -0.1) is 12.4 Å². The molecule has 0 rings (SSSR count). The van der Waals surface area contributed by atoms with Crippen molar-refractivity contribution in [3.8, 4) is 0 Å². The number of rotatable bonds is 0. The molecule has 36 valence electrons. The van der Waals surface area contributed by atoms with E-state index >= 15 is 0 Å². The van der Waals surface area contributed by atoms with Crippen molar-refractivity contribution in [3.63, 3.8) is 0 Å². The van der Waals surface area contributed by atoms with Crippen molar-refractivity contribution in [2.24, 2.45) is 0 Å². The molecule has 0 aromatic rings. The molecule has 0 bridgehead atoms. The molecule has 4 radical (unpaired) electrons. The van der Waals surface area contributed by atoms with Crippen molar-refractivity contribution in [1.29, 1.82) is 0 Å². The van der Waals surface area contributed by atoms with E-state index in [2.05, 4.69) is 0 Å². The minimum absolute atomic E-state index is 0. The summed E-state index contributed by atoms with van der Waals surface area (Å²) in [5.41, 5.74) is 0. The van der Waals surface area contributed by atoms with Gasteiger partial charge in [-0.3, -0.25) is 14.1 Å². The molecule has 0 aromatic heterocycles. The zero-order chi connectivity index (χ0) is 0. The average molecular weight is 169 g/mol. The van der Waals surface area contributed by atoms with E-state index in [1.54, 1.807) is 0 Å². The van der Waals surface area contributed by atoms with E-state index in [-0.39, 0.29) is 44.1 Å². The molecule has 0 heterocycles. The molecule has 0 amide bonds. The molecule has 0 aliphatic carbocycles. The van der Waals surface area contributed by atoms with Crippen molar-refractivity contribution in [2.75, 3.05) is 0 Å². The van der Waals surface area contributed by atoms with Gasteiger partial charge in [-0.1, -0.05) is 0 Å². The Labute approximate surface area is 44.8 Å². The van der Waals surface area contributed by atoms with Gasteiger partial charge in [-0.05, 0) is 0 Å². The Kier molecular flexibility index (Phi) is 9690. The topological polar surface area (TPSA) is 0 Å². The molecular weight excluding hydrogens is 165 g/mol. The third-order valence-electron chi connectivity index (χ3n) is 0. The minimum atomic E-state index is 0. The van der Waals surface area contributed by atoms with Crippen LogP contribution >= 0.6 is 12.4 Å². The van der Waals surface area contributed by atoms with Crippen molar-refractivity contribution in [1.82, 2.24) is 0 Å². The summed E-state index contributed by atoms with van der Waals surface area (Å²) in [7, 11) is 0. The molecule has 0 unspecified atom stereocenters. The zero-order valence-corrected chi connectivity index (χ0v) is 5.05. The van der Waals surface area contributed by atoms with Gasteiger partial charge in [0.2, 0.25) is 0 Å². The molecule has 0 aliphatic heterocycles. The Morgan fingerprint density at radius 3 is 0.600 bits per heavy atom. The van der Waals surface area contributed by atoms with Gasteiger partial charge in [-0.2, -0.15) is 0 Å². The second-order valence-corrected chi connectivity index (χ2v) is 0. The van der Waals surface area contributed by atoms with Crippen LogP contribution in [0, 0.1) is 0 Å². The number of hydrogen-bond acceptors (Lipinski definition) is 0. The molecule has 0 saturated carbocycles. The first-order chi connectivity index (χ1) is 0. The van der Waals surface area contributed by atoms with Crippen LogP contribution in [0.15, 0.2) is 0 Å². The molecule has 0 nitrogen and oxygen atoms in total. The standard InChI is InChI=1S/ClH.3FH.Ge/h4*1H;. The number of hydrogen-bond donors (Lipinski definition) is 0. The van der Waals surface area contributed by atoms with Crippen LogP contribution in [0.5, 0.6) is 0 Å². The van der Waals surface area contributed by atoms with Crippen molar-refractivity contribution >= 4 is 30.0 Å². The van der Waals surface area contributed by atoms with Gasteiger partial charge >= 0.3 is 0 Å². The van der Waals surface area contributed by atoms with E-state index < -0.39 is 0 Å². The van der Waals surface area contributed by atoms with Gasteiger partial charge in [0.05, 0.1) is 0 Å². The Hall–Kier alpha value is 0.623. The van der Waals surface area contributed by atoms with Crippen molar-refractivity contribution in [3.05, 3.63) is 0 Å². The van der Waals surface area contributed by atoms with Crippen LogP contribution in [-0.2, 0) is 0 Å². The summed E-state index contributed by atoms with van der Waals surface area (Å²) in [5, 5.41) is 0. The summed E-state index contributed by atoms with van der Waals surface area (Å²) < 4.78 is 0. The van der Waals surface area contributed by atoms with Crippen LogP contribution in [0.1, 0.15) is 0 Å². The third-order valence-corrected chi connectivity index (χ3v) is 0. The Balaban J connectivity index is 0. The fraction of sp³-hybridized carbons (Fsp3) is 0. The van der Waals surface area contributed by atoms with Gasteiger partial charge in [0.15, 0.2) is 0 Å². The van der Waals surface area contributed by atoms with Crippen LogP contribution in [0.2, 0.25) is 0 Å². The smallest absolute Gasteiger partial charge is 0 e. The van der Waals surface area contributed by atoms with E-state index in [1.165, 1.54) is 0 Å². The van der Waals surface area contributed by atoms with E-state index in [9.17, 15) is 0 Å². The van der Waals surface area contributed by atoms with Gasteiger partial charge in [0.1, 0.15) is 0 Å². The first-order valence-electron chi connectivity index (χ1n) is 0. The van der Waals surface area contributed by atoms with Gasteiger partial charge in [0.25, 0.3) is 0 Å². The molecule has 0 saturated heterocycles. The largest absolute Gasteiger partial charge is 0.269 e. The molecule has 0 atom stereocenters. The predicted molar refractivity (Wildman–Crippen MR) is 20.5 cm³/mol. The summed E-state index contributed by atoms with van der Waals surface area (Å²) in [6, 6.07) is 0. The monoisotopic (exact) mass is 170 g/mol. The molecule has 0 fully saturated rings. The first-order valence-corrected chi connectivity index (χ1v) is 0. The Bertz CT molecular complexity index is 6.85. The summed E-state index contributed by atoms with van der Waals surface area (Å²) in [4.78, 5) is 0. The summed E-state index contributed by atoms with van der Waals surface area (Å²) in [6.07, 6.45) is 0. The fourth-order valence-electron chi connectivity index (χ4n) is 0. The van der Waals surface area contributed by atoms with Crippen molar-refractivity contribution < 1.29 is 14.1 Å². The van der Waals surface area contributed by atoms with E-state index in [1.807, 2.05) is 0 Å². The maximum Gasteiger partial charge on any atom is 0 e. The van der Waals surface area contributed by atoms with Crippen LogP contribution in [0.4, 0.5) is 14.1 Å². The first kappa shape index (κ1) is 310. The summed E-state index contributed by atoms with van der Waals surface area (Å²) in [6.45, 7) is 0. The second-order valence-electron chi connectivity index (χ2n) is 0. The van der Waals surface area contributed by atoms with Gasteiger partial charge in [0, 0.05) is 17.6 Å². The third kappa shape index (κ3) is 82.0. The fourth-order valence-corrected chi connectivity index (χ4v) is 0. The normalized spacial score (nSPS) is 0. The second kappa shape index (κ2) is 156. The molecule has 0 aromatic carbocycles. The molecule has 5 heavy (non-hydrogen) atoms. The predicted octanol–water partition coefficient (Wildman–Crippen LogP) is 0.498. The Morgan fingerprint density at radius 1 is 0.600 bits per heavy atom. The van der Waals surface area contributed by atoms with Crippen molar-refractivity contribution in [2.45, 2.75) is 0 Å². The molecule has 0 N–H and O–H groups in total. The van der Waals surface area contributed by atoms with E-state index in [4.69, 9.17) is 0 Å². The minimum Gasteiger partial charge on any atom is -0.269 e. The average Bonchev–Trinajstić information content (AvgIpc) is 0. The van der Waals surface area contributed by atoms with Gasteiger partial charge < -0.3 is 0 Å². The summed E-state index contributed by atoms with van der Waals surface area (Å²) >= 11 is 0. The van der Waals surface area contributed by atoms with Crippen LogP contribution in [0.3, 0.4) is 0 Å². The summed E-state index contributed by atoms with van der Waals surface area (Å²) in [5.74, 6) is 0. The molecular formula is H4ClF3Ge. The molecule has 0 aliphatic rings.